The Morgan fingerprint density at radius 1 is 1.24 bits per heavy atom. The summed E-state index contributed by atoms with van der Waals surface area (Å²) in [7, 11) is 0. The number of aromatic nitrogens is 1. The van der Waals surface area contributed by atoms with E-state index in [4.69, 9.17) is 16.0 Å². The van der Waals surface area contributed by atoms with Crippen LogP contribution in [-0.4, -0.2) is 10.9 Å². The van der Waals surface area contributed by atoms with Crippen LogP contribution in [0.4, 0.5) is 5.13 Å². The van der Waals surface area contributed by atoms with Crippen LogP contribution in [0.15, 0.2) is 61.7 Å². The van der Waals surface area contributed by atoms with Gasteiger partial charge in [0.1, 0.15) is 5.58 Å². The molecule has 3 heterocycles. The van der Waals surface area contributed by atoms with Gasteiger partial charge >= 0.3 is 0 Å². The number of thiazole rings is 1. The number of anilines is 1. The largest absolute Gasteiger partial charge is 0.450 e. The Kier molecular flexibility index (Phi) is 4.34. The molecule has 1 aliphatic heterocycles. The fraction of sp³-hybridized carbons (Fsp3) is 0.0952. The average molecular weight is 488 g/mol. The first kappa shape index (κ1) is 18.5. The van der Waals surface area contributed by atoms with Gasteiger partial charge in [0.15, 0.2) is 10.6 Å². The van der Waals surface area contributed by atoms with Crippen molar-refractivity contribution in [3.05, 3.63) is 90.1 Å². The SMILES string of the molecule is Cc1cc2oc3c(c(=O)c2cc1Cl)C(c1cccc(Br)c1)N(c1nccs1)C3=O. The van der Waals surface area contributed by atoms with Gasteiger partial charge in [-0.2, -0.15) is 0 Å². The van der Waals surface area contributed by atoms with Crippen LogP contribution in [-0.2, 0) is 0 Å². The predicted octanol–water partition coefficient (Wildman–Crippen LogP) is 5.72. The molecule has 2 aromatic carbocycles. The normalized spacial score (nSPS) is 15.9. The third-order valence-electron chi connectivity index (χ3n) is 4.94. The van der Waals surface area contributed by atoms with Crippen molar-refractivity contribution in [1.29, 1.82) is 0 Å². The first-order valence-electron chi connectivity index (χ1n) is 8.71. The molecule has 8 heteroatoms. The molecule has 0 N–H and O–H groups in total. The van der Waals surface area contributed by atoms with Crippen molar-refractivity contribution < 1.29 is 9.21 Å². The fourth-order valence-corrected chi connectivity index (χ4v) is 4.87. The standard InChI is InChI=1S/C21H12BrClN2O3S/c1-10-7-15-13(9-14(10)23)18(26)16-17(11-3-2-4-12(22)8-11)25(20(27)19(16)28-15)21-24-5-6-29-21/h2-9,17H,1H3. The van der Waals surface area contributed by atoms with Crippen molar-refractivity contribution in [2.45, 2.75) is 13.0 Å². The lowest BCUT2D eigenvalue weighted by molar-refractivity contribution is 0.0971. The molecule has 4 aromatic rings. The van der Waals surface area contributed by atoms with E-state index < -0.39 is 6.04 Å². The summed E-state index contributed by atoms with van der Waals surface area (Å²) in [5.74, 6) is -0.337. The highest BCUT2D eigenvalue weighted by Crippen LogP contribution is 2.42. The number of amides is 1. The lowest BCUT2D eigenvalue weighted by Gasteiger charge is -2.22. The topological polar surface area (TPSA) is 63.4 Å². The van der Waals surface area contributed by atoms with E-state index >= 15 is 0 Å². The van der Waals surface area contributed by atoms with E-state index in [1.807, 2.05) is 31.2 Å². The van der Waals surface area contributed by atoms with Gasteiger partial charge in [-0.05, 0) is 42.3 Å². The van der Waals surface area contributed by atoms with E-state index in [1.54, 1.807) is 23.7 Å². The number of hydrogen-bond acceptors (Lipinski definition) is 5. The van der Waals surface area contributed by atoms with E-state index in [9.17, 15) is 9.59 Å². The molecule has 0 aliphatic carbocycles. The highest BCUT2D eigenvalue weighted by molar-refractivity contribution is 9.10. The Bertz CT molecular complexity index is 1350. The third-order valence-corrected chi connectivity index (χ3v) is 6.61. The molecule has 144 valence electrons. The smallest absolute Gasteiger partial charge is 0.297 e. The molecule has 0 radical (unpaired) electrons. The van der Waals surface area contributed by atoms with Gasteiger partial charge in [-0.25, -0.2) is 4.98 Å². The Morgan fingerprint density at radius 3 is 2.79 bits per heavy atom. The molecule has 0 bridgehead atoms. The highest BCUT2D eigenvalue weighted by Gasteiger charge is 2.44. The predicted molar refractivity (Wildman–Crippen MR) is 117 cm³/mol. The minimum absolute atomic E-state index is 0.0457. The number of rotatable bonds is 2. The Hall–Kier alpha value is -2.48. The van der Waals surface area contributed by atoms with Crippen molar-refractivity contribution in [2.75, 3.05) is 4.90 Å². The number of benzene rings is 2. The summed E-state index contributed by atoms with van der Waals surface area (Å²) in [6, 6.07) is 10.2. The average Bonchev–Trinajstić information content (AvgIpc) is 3.30. The van der Waals surface area contributed by atoms with Crippen molar-refractivity contribution in [3.8, 4) is 0 Å². The maximum atomic E-state index is 13.5. The number of fused-ring (bicyclic) bond motifs is 2. The molecule has 5 nitrogen and oxygen atoms in total. The van der Waals surface area contributed by atoms with Gasteiger partial charge in [0, 0.05) is 21.1 Å². The van der Waals surface area contributed by atoms with E-state index in [2.05, 4.69) is 20.9 Å². The van der Waals surface area contributed by atoms with Crippen molar-refractivity contribution in [1.82, 2.24) is 4.98 Å². The molecule has 2 aromatic heterocycles. The molecule has 1 amide bonds. The number of carbonyl (C=O) groups excluding carboxylic acids is 1. The Balaban J connectivity index is 1.85. The molecule has 5 rings (SSSR count). The zero-order chi connectivity index (χ0) is 20.3. The molecule has 0 saturated carbocycles. The summed E-state index contributed by atoms with van der Waals surface area (Å²) in [6.07, 6.45) is 1.63. The van der Waals surface area contributed by atoms with Crippen molar-refractivity contribution >= 4 is 60.9 Å². The van der Waals surface area contributed by atoms with Crippen LogP contribution < -0.4 is 10.3 Å². The maximum absolute atomic E-state index is 13.5. The van der Waals surface area contributed by atoms with Crippen LogP contribution in [0.1, 0.15) is 33.3 Å². The van der Waals surface area contributed by atoms with Crippen LogP contribution in [0.5, 0.6) is 0 Å². The molecule has 0 fully saturated rings. The van der Waals surface area contributed by atoms with E-state index in [0.717, 1.165) is 15.6 Å². The zero-order valence-corrected chi connectivity index (χ0v) is 18.1. The second kappa shape index (κ2) is 6.79. The lowest BCUT2D eigenvalue weighted by Crippen LogP contribution is -2.29. The van der Waals surface area contributed by atoms with Gasteiger partial charge in [0.05, 0.1) is 17.0 Å². The molecular formula is C21H12BrClN2O3S. The van der Waals surface area contributed by atoms with E-state index in [-0.39, 0.29) is 17.1 Å². The molecule has 1 atom stereocenters. The second-order valence-corrected chi connectivity index (χ2v) is 8.91. The van der Waals surface area contributed by atoms with Crippen LogP contribution in [0.25, 0.3) is 11.0 Å². The first-order chi connectivity index (χ1) is 14.0. The molecular weight excluding hydrogens is 476 g/mol. The van der Waals surface area contributed by atoms with Gasteiger partial charge in [-0.3, -0.25) is 14.5 Å². The lowest BCUT2D eigenvalue weighted by atomic mass is 9.98. The second-order valence-electron chi connectivity index (χ2n) is 6.72. The number of halogens is 2. The summed E-state index contributed by atoms with van der Waals surface area (Å²) in [5.41, 5.74) is 1.94. The Morgan fingerprint density at radius 2 is 2.07 bits per heavy atom. The highest BCUT2D eigenvalue weighted by atomic mass is 79.9. The number of nitrogens with zero attached hydrogens (tertiary/aromatic N) is 2. The monoisotopic (exact) mass is 486 g/mol. The van der Waals surface area contributed by atoms with Crippen molar-refractivity contribution in [3.63, 3.8) is 0 Å². The van der Waals surface area contributed by atoms with Crippen LogP contribution in [0.2, 0.25) is 5.02 Å². The number of hydrogen-bond donors (Lipinski definition) is 0. The summed E-state index contributed by atoms with van der Waals surface area (Å²) in [6.45, 7) is 1.82. The van der Waals surface area contributed by atoms with Crippen LogP contribution >= 0.6 is 38.9 Å². The van der Waals surface area contributed by atoms with Gasteiger partial charge in [0.2, 0.25) is 5.76 Å². The molecule has 1 aliphatic rings. The van der Waals surface area contributed by atoms with Gasteiger partial charge < -0.3 is 4.42 Å². The summed E-state index contributed by atoms with van der Waals surface area (Å²) < 4.78 is 6.80. The van der Waals surface area contributed by atoms with E-state index in [0.29, 0.717) is 26.7 Å². The molecule has 0 spiro atoms. The minimum Gasteiger partial charge on any atom is -0.450 e. The van der Waals surface area contributed by atoms with E-state index in [1.165, 1.54) is 16.2 Å². The first-order valence-corrected chi connectivity index (χ1v) is 10.8. The number of aryl methyl sites for hydroxylation is 1. The Labute approximate surface area is 182 Å². The summed E-state index contributed by atoms with van der Waals surface area (Å²) in [4.78, 5) is 32.6. The minimum atomic E-state index is -0.637. The van der Waals surface area contributed by atoms with Crippen LogP contribution in [0, 0.1) is 6.92 Å². The number of carbonyl (C=O) groups is 1. The molecule has 29 heavy (non-hydrogen) atoms. The van der Waals surface area contributed by atoms with Gasteiger partial charge in [-0.15, -0.1) is 11.3 Å². The quantitative estimate of drug-likeness (QED) is 0.362. The van der Waals surface area contributed by atoms with Gasteiger partial charge in [0.25, 0.3) is 5.91 Å². The van der Waals surface area contributed by atoms with Crippen LogP contribution in [0.3, 0.4) is 0 Å². The third kappa shape index (κ3) is 2.84. The summed E-state index contributed by atoms with van der Waals surface area (Å²) in [5, 5.41) is 3.13. The fourth-order valence-electron chi connectivity index (χ4n) is 3.62. The molecule has 0 saturated heterocycles. The summed E-state index contributed by atoms with van der Waals surface area (Å²) >= 11 is 11.1. The zero-order valence-electron chi connectivity index (χ0n) is 15.0. The maximum Gasteiger partial charge on any atom is 0.297 e. The molecule has 1 unspecified atom stereocenters. The van der Waals surface area contributed by atoms with Gasteiger partial charge in [-0.1, -0.05) is 39.7 Å². The van der Waals surface area contributed by atoms with Crippen molar-refractivity contribution in [2.24, 2.45) is 0 Å².